The van der Waals surface area contributed by atoms with Gasteiger partial charge in [-0.25, -0.2) is 0 Å². The highest BCUT2D eigenvalue weighted by atomic mass is 16.5. The molecule has 1 fully saturated rings. The largest absolute Gasteiger partial charge is 0.496 e. The van der Waals surface area contributed by atoms with Gasteiger partial charge in [-0.1, -0.05) is 24.6 Å². The van der Waals surface area contributed by atoms with Crippen molar-refractivity contribution in [2.24, 2.45) is 5.92 Å². The van der Waals surface area contributed by atoms with Gasteiger partial charge in [0, 0.05) is 11.6 Å². The minimum Gasteiger partial charge on any atom is -0.496 e. The van der Waals surface area contributed by atoms with E-state index < -0.39 is 0 Å². The predicted molar refractivity (Wildman–Crippen MR) is 62.3 cm³/mol. The predicted octanol–water partition coefficient (Wildman–Crippen LogP) is 2.67. The number of rotatable bonds is 2. The van der Waals surface area contributed by atoms with Crippen LogP contribution in [-0.2, 0) is 0 Å². The average Bonchev–Trinajstić information content (AvgIpc) is 2.64. The van der Waals surface area contributed by atoms with E-state index in [2.05, 4.69) is 37.4 Å². The van der Waals surface area contributed by atoms with E-state index in [9.17, 15) is 0 Å². The molecule has 1 aliphatic rings. The van der Waals surface area contributed by atoms with Crippen LogP contribution >= 0.6 is 0 Å². The van der Waals surface area contributed by atoms with E-state index in [1.807, 2.05) is 0 Å². The molecule has 2 heteroatoms. The van der Waals surface area contributed by atoms with Crippen LogP contribution in [0.15, 0.2) is 18.2 Å². The van der Waals surface area contributed by atoms with Gasteiger partial charge in [-0.3, -0.25) is 0 Å². The number of methoxy groups -OCH3 is 1. The first-order valence-corrected chi connectivity index (χ1v) is 5.60. The molecule has 0 saturated carbocycles. The molecular formula is C13H19NO. The lowest BCUT2D eigenvalue weighted by Crippen LogP contribution is -2.17. The summed E-state index contributed by atoms with van der Waals surface area (Å²) in [4.78, 5) is 0. The molecular weight excluding hydrogens is 186 g/mol. The zero-order valence-corrected chi connectivity index (χ0v) is 9.71. The van der Waals surface area contributed by atoms with Crippen LogP contribution in [0.25, 0.3) is 0 Å². The molecule has 15 heavy (non-hydrogen) atoms. The molecule has 2 atom stereocenters. The number of nitrogens with one attached hydrogen (secondary N) is 1. The van der Waals surface area contributed by atoms with Crippen LogP contribution in [0, 0.1) is 12.8 Å². The summed E-state index contributed by atoms with van der Waals surface area (Å²) >= 11 is 0. The Morgan fingerprint density at radius 2 is 2.20 bits per heavy atom. The van der Waals surface area contributed by atoms with Crippen molar-refractivity contribution in [2.45, 2.75) is 26.3 Å². The quantitative estimate of drug-likeness (QED) is 0.801. The lowest BCUT2D eigenvalue weighted by atomic mass is 9.94. The maximum absolute atomic E-state index is 5.42. The first kappa shape index (κ1) is 10.5. The summed E-state index contributed by atoms with van der Waals surface area (Å²) in [7, 11) is 1.74. The van der Waals surface area contributed by atoms with E-state index >= 15 is 0 Å². The molecule has 1 aromatic rings. The van der Waals surface area contributed by atoms with E-state index in [-0.39, 0.29) is 0 Å². The molecule has 0 aliphatic carbocycles. The summed E-state index contributed by atoms with van der Waals surface area (Å²) in [5.41, 5.74) is 2.61. The molecule has 82 valence electrons. The van der Waals surface area contributed by atoms with E-state index in [1.165, 1.54) is 17.5 Å². The Hall–Kier alpha value is -1.02. The van der Waals surface area contributed by atoms with Gasteiger partial charge in [-0.2, -0.15) is 0 Å². The monoisotopic (exact) mass is 205 g/mol. The molecule has 1 N–H and O–H groups in total. The molecule has 0 spiro atoms. The minimum absolute atomic E-state index is 0.458. The third-order valence-electron chi connectivity index (χ3n) is 3.25. The fourth-order valence-electron chi connectivity index (χ4n) is 2.35. The Morgan fingerprint density at radius 1 is 1.40 bits per heavy atom. The Labute approximate surface area is 91.6 Å². The Balaban J connectivity index is 2.36. The van der Waals surface area contributed by atoms with Crippen LogP contribution in [-0.4, -0.2) is 13.7 Å². The number of aryl methyl sites for hydroxylation is 1. The summed E-state index contributed by atoms with van der Waals surface area (Å²) in [6.45, 7) is 5.54. The smallest absolute Gasteiger partial charge is 0.123 e. The molecule has 1 aromatic carbocycles. The second-order valence-electron chi connectivity index (χ2n) is 4.44. The molecule has 1 heterocycles. The van der Waals surface area contributed by atoms with Crippen molar-refractivity contribution in [1.29, 1.82) is 0 Å². The molecule has 0 aromatic heterocycles. The van der Waals surface area contributed by atoms with Crippen molar-refractivity contribution in [3.05, 3.63) is 29.3 Å². The van der Waals surface area contributed by atoms with E-state index in [0.29, 0.717) is 12.0 Å². The fraction of sp³-hybridized carbons (Fsp3) is 0.538. The lowest BCUT2D eigenvalue weighted by Gasteiger charge is -2.19. The van der Waals surface area contributed by atoms with Crippen molar-refractivity contribution in [2.75, 3.05) is 13.7 Å². The van der Waals surface area contributed by atoms with Gasteiger partial charge in [-0.05, 0) is 31.9 Å². The van der Waals surface area contributed by atoms with Gasteiger partial charge >= 0.3 is 0 Å². The molecule has 0 amide bonds. The topological polar surface area (TPSA) is 21.3 Å². The molecule has 2 nitrogen and oxygen atoms in total. The summed E-state index contributed by atoms with van der Waals surface area (Å²) in [6.07, 6.45) is 1.25. The average molecular weight is 205 g/mol. The highest BCUT2D eigenvalue weighted by Gasteiger charge is 2.26. The second-order valence-corrected chi connectivity index (χ2v) is 4.44. The van der Waals surface area contributed by atoms with E-state index in [1.54, 1.807) is 7.11 Å². The van der Waals surface area contributed by atoms with E-state index in [4.69, 9.17) is 4.74 Å². The van der Waals surface area contributed by atoms with Crippen LogP contribution in [0.5, 0.6) is 5.75 Å². The summed E-state index contributed by atoms with van der Waals surface area (Å²) < 4.78 is 5.42. The van der Waals surface area contributed by atoms with Crippen molar-refractivity contribution in [1.82, 2.24) is 5.32 Å². The number of ether oxygens (including phenoxy) is 1. The van der Waals surface area contributed by atoms with E-state index in [0.717, 1.165) is 12.3 Å². The maximum atomic E-state index is 5.42. The Bertz CT molecular complexity index is 348. The van der Waals surface area contributed by atoms with Crippen molar-refractivity contribution >= 4 is 0 Å². The third kappa shape index (κ3) is 2.00. The van der Waals surface area contributed by atoms with Gasteiger partial charge in [0.15, 0.2) is 0 Å². The number of hydrogen-bond donors (Lipinski definition) is 1. The van der Waals surface area contributed by atoms with Crippen molar-refractivity contribution in [3.8, 4) is 5.75 Å². The lowest BCUT2D eigenvalue weighted by molar-refractivity contribution is 0.394. The Kier molecular flexibility index (Phi) is 2.96. The summed E-state index contributed by atoms with van der Waals surface area (Å²) in [5.74, 6) is 1.70. The molecule has 2 rings (SSSR count). The first-order valence-electron chi connectivity index (χ1n) is 5.60. The first-order chi connectivity index (χ1) is 7.22. The molecule has 1 aliphatic heterocycles. The Morgan fingerprint density at radius 3 is 2.80 bits per heavy atom. The van der Waals surface area contributed by atoms with Crippen LogP contribution in [0.3, 0.4) is 0 Å². The molecule has 0 radical (unpaired) electrons. The van der Waals surface area contributed by atoms with Crippen LogP contribution in [0.1, 0.15) is 30.5 Å². The standard InChI is InChI=1S/C13H19NO/c1-9-4-5-12(15-3)11(8-9)13-10(2)6-7-14-13/h4-5,8,10,13-14H,6-7H2,1-3H3/t10-,13-/m0/s1. The summed E-state index contributed by atoms with van der Waals surface area (Å²) in [6, 6.07) is 6.86. The van der Waals surface area contributed by atoms with Crippen LogP contribution in [0.2, 0.25) is 0 Å². The number of benzene rings is 1. The summed E-state index contributed by atoms with van der Waals surface area (Å²) in [5, 5.41) is 3.54. The fourth-order valence-corrected chi connectivity index (χ4v) is 2.35. The normalized spacial score (nSPS) is 25.5. The van der Waals surface area contributed by atoms with Gasteiger partial charge in [0.25, 0.3) is 0 Å². The van der Waals surface area contributed by atoms with Gasteiger partial charge in [-0.15, -0.1) is 0 Å². The van der Waals surface area contributed by atoms with Gasteiger partial charge in [0.2, 0.25) is 0 Å². The van der Waals surface area contributed by atoms with Crippen molar-refractivity contribution < 1.29 is 4.74 Å². The highest BCUT2D eigenvalue weighted by Crippen LogP contribution is 2.35. The van der Waals surface area contributed by atoms with Gasteiger partial charge < -0.3 is 10.1 Å². The minimum atomic E-state index is 0.458. The number of hydrogen-bond acceptors (Lipinski definition) is 2. The molecule has 1 saturated heterocycles. The highest BCUT2D eigenvalue weighted by molar-refractivity contribution is 5.39. The van der Waals surface area contributed by atoms with Crippen LogP contribution in [0.4, 0.5) is 0 Å². The third-order valence-corrected chi connectivity index (χ3v) is 3.25. The van der Waals surface area contributed by atoms with Gasteiger partial charge in [0.05, 0.1) is 7.11 Å². The maximum Gasteiger partial charge on any atom is 0.123 e. The molecule has 0 unspecified atom stereocenters. The van der Waals surface area contributed by atoms with Crippen LogP contribution < -0.4 is 10.1 Å². The van der Waals surface area contributed by atoms with Gasteiger partial charge in [0.1, 0.15) is 5.75 Å². The zero-order valence-electron chi connectivity index (χ0n) is 9.71. The zero-order chi connectivity index (χ0) is 10.8. The van der Waals surface area contributed by atoms with Crippen molar-refractivity contribution in [3.63, 3.8) is 0 Å². The molecule has 0 bridgehead atoms. The second kappa shape index (κ2) is 4.23. The SMILES string of the molecule is COc1ccc(C)cc1[C@H]1NCC[C@@H]1C.